The molecule has 0 atom stereocenters. The summed E-state index contributed by atoms with van der Waals surface area (Å²) in [6.45, 7) is -0.104. The number of rotatable bonds is 5. The second-order valence-electron chi connectivity index (χ2n) is 4.66. The molecule has 0 radical (unpaired) electrons. The van der Waals surface area contributed by atoms with E-state index in [0.29, 0.717) is 16.4 Å². The van der Waals surface area contributed by atoms with Crippen molar-refractivity contribution in [3.63, 3.8) is 0 Å². The van der Waals surface area contributed by atoms with Crippen LogP contribution < -0.4 is 16.4 Å². The zero-order valence-electron chi connectivity index (χ0n) is 11.8. The number of hydrogen-bond donors (Lipinski definition) is 3. The molecule has 0 saturated carbocycles. The van der Waals surface area contributed by atoms with Crippen LogP contribution in [0.3, 0.4) is 0 Å². The minimum Gasteiger partial charge on any atom is -0.325 e. The van der Waals surface area contributed by atoms with E-state index >= 15 is 0 Å². The largest absolute Gasteiger partial charge is 0.325 e. The first kappa shape index (κ1) is 16.0. The zero-order valence-corrected chi connectivity index (χ0v) is 12.6. The van der Waals surface area contributed by atoms with Crippen molar-refractivity contribution in [2.45, 2.75) is 6.42 Å². The Morgan fingerprint density at radius 3 is 2.36 bits per heavy atom. The average molecular weight is 318 g/mol. The smallest absolute Gasteiger partial charge is 0.238 e. The number of anilines is 2. The maximum atomic E-state index is 12.0. The number of hydrogen-bond acceptors (Lipinski definition) is 3. The number of carbonyl (C=O) groups excluding carboxylic acids is 2. The molecule has 0 heterocycles. The van der Waals surface area contributed by atoms with Crippen LogP contribution in [0.25, 0.3) is 0 Å². The van der Waals surface area contributed by atoms with Crippen molar-refractivity contribution in [3.05, 3.63) is 59.1 Å². The predicted octanol–water partition coefficient (Wildman–Crippen LogP) is 2.42. The number of amides is 2. The molecule has 6 heteroatoms. The Bertz CT molecular complexity index is 674. The van der Waals surface area contributed by atoms with Gasteiger partial charge in [0.1, 0.15) is 0 Å². The fourth-order valence-corrected chi connectivity index (χ4v) is 2.11. The molecule has 22 heavy (non-hydrogen) atoms. The summed E-state index contributed by atoms with van der Waals surface area (Å²) in [7, 11) is 0. The molecule has 0 unspecified atom stereocenters. The van der Waals surface area contributed by atoms with Crippen molar-refractivity contribution in [1.29, 1.82) is 0 Å². The van der Waals surface area contributed by atoms with Gasteiger partial charge in [-0.25, -0.2) is 0 Å². The number of benzene rings is 2. The van der Waals surface area contributed by atoms with E-state index in [1.165, 1.54) is 0 Å². The van der Waals surface area contributed by atoms with Crippen molar-refractivity contribution < 1.29 is 9.59 Å². The molecular formula is C16H16ClN3O2. The van der Waals surface area contributed by atoms with Gasteiger partial charge in [0.2, 0.25) is 11.8 Å². The number of halogens is 1. The summed E-state index contributed by atoms with van der Waals surface area (Å²) < 4.78 is 0. The van der Waals surface area contributed by atoms with E-state index in [-0.39, 0.29) is 24.8 Å². The lowest BCUT2D eigenvalue weighted by Crippen LogP contribution is -2.21. The van der Waals surface area contributed by atoms with Crippen LogP contribution in [-0.2, 0) is 16.0 Å². The molecular weight excluding hydrogens is 302 g/mol. The lowest BCUT2D eigenvalue weighted by Gasteiger charge is -2.10. The highest BCUT2D eigenvalue weighted by molar-refractivity contribution is 6.34. The van der Waals surface area contributed by atoms with Gasteiger partial charge in [-0.1, -0.05) is 41.9 Å². The standard InChI is InChI=1S/C16H16ClN3O2/c17-13-9-12(19-16(22)10-18)6-7-14(13)20-15(21)8-11-4-2-1-3-5-11/h1-7,9H,8,10,18H2,(H,19,22)(H,20,21). The Labute approximate surface area is 133 Å². The maximum Gasteiger partial charge on any atom is 0.238 e. The topological polar surface area (TPSA) is 84.2 Å². The number of carbonyl (C=O) groups is 2. The SMILES string of the molecule is NCC(=O)Nc1ccc(NC(=O)Cc2ccccc2)c(Cl)c1. The average Bonchev–Trinajstić information content (AvgIpc) is 2.51. The van der Waals surface area contributed by atoms with E-state index in [9.17, 15) is 9.59 Å². The highest BCUT2D eigenvalue weighted by Gasteiger charge is 2.08. The molecule has 114 valence electrons. The van der Waals surface area contributed by atoms with Crippen LogP contribution in [-0.4, -0.2) is 18.4 Å². The molecule has 0 aromatic heterocycles. The normalized spacial score (nSPS) is 10.1. The minimum atomic E-state index is -0.308. The first-order valence-electron chi connectivity index (χ1n) is 6.71. The van der Waals surface area contributed by atoms with Crippen molar-refractivity contribution >= 4 is 34.8 Å². The zero-order chi connectivity index (χ0) is 15.9. The quantitative estimate of drug-likeness (QED) is 0.791. The first-order valence-corrected chi connectivity index (χ1v) is 7.09. The lowest BCUT2D eigenvalue weighted by atomic mass is 10.1. The monoisotopic (exact) mass is 317 g/mol. The Morgan fingerprint density at radius 1 is 1.00 bits per heavy atom. The second kappa shape index (κ2) is 7.59. The molecule has 0 aliphatic heterocycles. The molecule has 0 fully saturated rings. The summed E-state index contributed by atoms with van der Waals surface area (Å²) in [5.41, 5.74) is 7.17. The molecule has 2 aromatic carbocycles. The molecule has 0 spiro atoms. The lowest BCUT2D eigenvalue weighted by molar-refractivity contribution is -0.116. The van der Waals surface area contributed by atoms with Gasteiger partial charge < -0.3 is 16.4 Å². The minimum absolute atomic E-state index is 0.104. The Balaban J connectivity index is 2.00. The third-order valence-electron chi connectivity index (χ3n) is 2.92. The first-order chi connectivity index (χ1) is 10.6. The molecule has 2 rings (SSSR count). The van der Waals surface area contributed by atoms with E-state index in [1.807, 2.05) is 30.3 Å². The van der Waals surface area contributed by atoms with Gasteiger partial charge in [-0.15, -0.1) is 0 Å². The predicted molar refractivity (Wildman–Crippen MR) is 87.9 cm³/mol. The Morgan fingerprint density at radius 2 is 1.73 bits per heavy atom. The Hall–Kier alpha value is -2.37. The molecule has 4 N–H and O–H groups in total. The number of nitrogens with two attached hydrogens (primary N) is 1. The van der Waals surface area contributed by atoms with Gasteiger partial charge in [-0.2, -0.15) is 0 Å². The molecule has 0 aliphatic carbocycles. The third-order valence-corrected chi connectivity index (χ3v) is 3.23. The second-order valence-corrected chi connectivity index (χ2v) is 5.06. The molecule has 5 nitrogen and oxygen atoms in total. The van der Waals surface area contributed by atoms with Gasteiger partial charge in [0, 0.05) is 5.69 Å². The number of nitrogens with one attached hydrogen (secondary N) is 2. The van der Waals surface area contributed by atoms with Gasteiger partial charge in [-0.3, -0.25) is 9.59 Å². The Kier molecular flexibility index (Phi) is 5.52. The fraction of sp³-hybridized carbons (Fsp3) is 0.125. The van der Waals surface area contributed by atoms with E-state index in [2.05, 4.69) is 10.6 Å². The van der Waals surface area contributed by atoms with Crippen LogP contribution in [0.2, 0.25) is 5.02 Å². The van der Waals surface area contributed by atoms with E-state index in [1.54, 1.807) is 18.2 Å². The van der Waals surface area contributed by atoms with Gasteiger partial charge in [-0.05, 0) is 23.8 Å². The summed E-state index contributed by atoms with van der Waals surface area (Å²) in [6, 6.07) is 14.3. The molecule has 0 bridgehead atoms. The van der Waals surface area contributed by atoms with Crippen LogP contribution in [0.5, 0.6) is 0 Å². The van der Waals surface area contributed by atoms with Gasteiger partial charge in [0.05, 0.1) is 23.7 Å². The molecule has 2 aromatic rings. The molecule has 0 saturated heterocycles. The van der Waals surface area contributed by atoms with Crippen molar-refractivity contribution in [2.75, 3.05) is 17.2 Å². The van der Waals surface area contributed by atoms with Gasteiger partial charge >= 0.3 is 0 Å². The van der Waals surface area contributed by atoms with Crippen molar-refractivity contribution in [2.24, 2.45) is 5.73 Å². The van der Waals surface area contributed by atoms with Crippen molar-refractivity contribution in [3.8, 4) is 0 Å². The van der Waals surface area contributed by atoms with Gasteiger partial charge in [0.15, 0.2) is 0 Å². The summed E-state index contributed by atoms with van der Waals surface area (Å²) in [6.07, 6.45) is 0.267. The van der Waals surface area contributed by atoms with E-state index in [4.69, 9.17) is 17.3 Å². The summed E-state index contributed by atoms with van der Waals surface area (Å²) in [4.78, 5) is 23.2. The fourth-order valence-electron chi connectivity index (χ4n) is 1.88. The highest BCUT2D eigenvalue weighted by atomic mass is 35.5. The maximum absolute atomic E-state index is 12.0. The summed E-state index contributed by atoms with van der Waals surface area (Å²) in [5, 5.41) is 5.68. The van der Waals surface area contributed by atoms with E-state index < -0.39 is 0 Å². The summed E-state index contributed by atoms with van der Waals surface area (Å²) >= 11 is 6.11. The summed E-state index contributed by atoms with van der Waals surface area (Å²) in [5.74, 6) is -0.469. The van der Waals surface area contributed by atoms with Crippen LogP contribution >= 0.6 is 11.6 Å². The van der Waals surface area contributed by atoms with Crippen LogP contribution in [0, 0.1) is 0 Å². The van der Waals surface area contributed by atoms with Crippen LogP contribution in [0.4, 0.5) is 11.4 Å². The third kappa shape index (κ3) is 4.58. The van der Waals surface area contributed by atoms with Crippen LogP contribution in [0.1, 0.15) is 5.56 Å². The molecule has 0 aliphatic rings. The van der Waals surface area contributed by atoms with Gasteiger partial charge in [0.25, 0.3) is 0 Å². The van der Waals surface area contributed by atoms with Crippen LogP contribution in [0.15, 0.2) is 48.5 Å². The molecule has 2 amide bonds. The van der Waals surface area contributed by atoms with Crippen molar-refractivity contribution in [1.82, 2.24) is 0 Å². The highest BCUT2D eigenvalue weighted by Crippen LogP contribution is 2.25. The van der Waals surface area contributed by atoms with E-state index in [0.717, 1.165) is 5.56 Å².